The fourth-order valence-electron chi connectivity index (χ4n) is 0.530. The standard InChI is InChI=1S/C5H8BrF3O3S/c1-4(10,2-6)3-13(11,12)5(7,8)9/h10H,2-3H2,1H3. The van der Waals surface area contributed by atoms with Gasteiger partial charge in [0.05, 0.1) is 11.4 Å². The Morgan fingerprint density at radius 1 is 1.38 bits per heavy atom. The van der Waals surface area contributed by atoms with E-state index in [1.165, 1.54) is 0 Å². The SMILES string of the molecule is CC(O)(CBr)CS(=O)(=O)C(F)(F)F. The third-order valence-corrected chi connectivity index (χ3v) is 4.06. The van der Waals surface area contributed by atoms with Crippen LogP contribution in [0, 0.1) is 0 Å². The van der Waals surface area contributed by atoms with E-state index in [1.807, 2.05) is 0 Å². The maximum atomic E-state index is 11.8. The molecule has 80 valence electrons. The van der Waals surface area contributed by atoms with Crippen LogP contribution in [-0.4, -0.2) is 35.7 Å². The predicted octanol–water partition coefficient (Wildman–Crippen LogP) is 1.07. The van der Waals surface area contributed by atoms with Gasteiger partial charge < -0.3 is 5.11 Å². The number of halogens is 4. The monoisotopic (exact) mass is 284 g/mol. The van der Waals surface area contributed by atoms with Crippen molar-refractivity contribution in [2.45, 2.75) is 18.0 Å². The molecule has 0 spiro atoms. The summed E-state index contributed by atoms with van der Waals surface area (Å²) < 4.78 is 56.4. The van der Waals surface area contributed by atoms with Crippen molar-refractivity contribution < 1.29 is 26.7 Å². The van der Waals surface area contributed by atoms with E-state index in [0.29, 0.717) is 0 Å². The van der Waals surface area contributed by atoms with Gasteiger partial charge in [0.15, 0.2) is 0 Å². The quantitative estimate of drug-likeness (QED) is 0.789. The molecule has 0 aromatic heterocycles. The molecule has 0 radical (unpaired) electrons. The normalized spacial score (nSPS) is 18.3. The number of hydrogen-bond acceptors (Lipinski definition) is 3. The topological polar surface area (TPSA) is 54.4 Å². The first-order chi connectivity index (χ1) is 5.52. The highest BCUT2D eigenvalue weighted by Crippen LogP contribution is 2.27. The zero-order valence-corrected chi connectivity index (χ0v) is 9.00. The lowest BCUT2D eigenvalue weighted by Gasteiger charge is -2.20. The molecule has 0 aliphatic carbocycles. The van der Waals surface area contributed by atoms with Gasteiger partial charge in [0.25, 0.3) is 9.84 Å². The van der Waals surface area contributed by atoms with E-state index in [9.17, 15) is 21.6 Å². The van der Waals surface area contributed by atoms with Crippen LogP contribution < -0.4 is 0 Å². The van der Waals surface area contributed by atoms with Crippen LogP contribution in [-0.2, 0) is 9.84 Å². The molecule has 0 aliphatic heterocycles. The molecule has 0 saturated carbocycles. The number of hydrogen-bond donors (Lipinski definition) is 1. The van der Waals surface area contributed by atoms with Crippen LogP contribution in [0.2, 0.25) is 0 Å². The van der Waals surface area contributed by atoms with Crippen LogP contribution in [0.3, 0.4) is 0 Å². The summed E-state index contributed by atoms with van der Waals surface area (Å²) >= 11 is 2.71. The van der Waals surface area contributed by atoms with E-state index in [0.717, 1.165) is 6.92 Å². The van der Waals surface area contributed by atoms with Gasteiger partial charge in [-0.1, -0.05) is 15.9 Å². The van der Waals surface area contributed by atoms with Crippen molar-refractivity contribution in [3.63, 3.8) is 0 Å². The van der Waals surface area contributed by atoms with Gasteiger partial charge in [-0.2, -0.15) is 13.2 Å². The Morgan fingerprint density at radius 3 is 2.00 bits per heavy atom. The highest BCUT2D eigenvalue weighted by molar-refractivity contribution is 9.09. The van der Waals surface area contributed by atoms with Gasteiger partial charge in [-0.25, -0.2) is 8.42 Å². The van der Waals surface area contributed by atoms with E-state index >= 15 is 0 Å². The second-order valence-electron chi connectivity index (χ2n) is 2.84. The Labute approximate surface area is 82.0 Å². The molecule has 0 fully saturated rings. The van der Waals surface area contributed by atoms with Gasteiger partial charge >= 0.3 is 5.51 Å². The number of rotatable bonds is 3. The first-order valence-electron chi connectivity index (χ1n) is 3.09. The molecule has 1 N–H and O–H groups in total. The number of alkyl halides is 4. The Kier molecular flexibility index (Phi) is 3.79. The lowest BCUT2D eigenvalue weighted by atomic mass is 10.2. The molecule has 0 aromatic rings. The van der Waals surface area contributed by atoms with Gasteiger partial charge in [-0.3, -0.25) is 0 Å². The maximum Gasteiger partial charge on any atom is 0.497 e. The first-order valence-corrected chi connectivity index (χ1v) is 5.86. The minimum Gasteiger partial charge on any atom is -0.388 e. The van der Waals surface area contributed by atoms with Crippen molar-refractivity contribution in [3.8, 4) is 0 Å². The van der Waals surface area contributed by atoms with Crippen molar-refractivity contribution in [2.75, 3.05) is 11.1 Å². The Hall–Kier alpha value is 0.180. The Bertz CT molecular complexity index is 269. The molecular formula is C5H8BrF3O3S. The molecule has 3 nitrogen and oxygen atoms in total. The molecular weight excluding hydrogens is 277 g/mol. The van der Waals surface area contributed by atoms with E-state index in [1.54, 1.807) is 0 Å². The summed E-state index contributed by atoms with van der Waals surface area (Å²) in [6.07, 6.45) is 0. The van der Waals surface area contributed by atoms with E-state index < -0.39 is 26.7 Å². The van der Waals surface area contributed by atoms with Crippen LogP contribution in [0.25, 0.3) is 0 Å². The summed E-state index contributed by atoms with van der Waals surface area (Å²) in [6.45, 7) is 1.01. The highest BCUT2D eigenvalue weighted by Gasteiger charge is 2.48. The van der Waals surface area contributed by atoms with Crippen molar-refractivity contribution in [3.05, 3.63) is 0 Å². The molecule has 1 atom stereocenters. The first kappa shape index (κ1) is 13.2. The Morgan fingerprint density at radius 2 is 1.77 bits per heavy atom. The summed E-state index contributed by atoms with van der Waals surface area (Å²) in [5.74, 6) is -1.34. The van der Waals surface area contributed by atoms with Gasteiger partial charge in [-0.05, 0) is 6.92 Å². The van der Waals surface area contributed by atoms with E-state index in [2.05, 4.69) is 15.9 Å². The summed E-state index contributed by atoms with van der Waals surface area (Å²) in [7, 11) is -5.25. The summed E-state index contributed by atoms with van der Waals surface area (Å²) in [4.78, 5) is 0. The van der Waals surface area contributed by atoms with Crippen LogP contribution in [0.15, 0.2) is 0 Å². The highest BCUT2D eigenvalue weighted by atomic mass is 79.9. The molecule has 0 bridgehead atoms. The molecule has 0 amide bonds. The van der Waals surface area contributed by atoms with Crippen LogP contribution in [0.5, 0.6) is 0 Å². The van der Waals surface area contributed by atoms with Gasteiger partial charge in [0, 0.05) is 5.33 Å². The summed E-state index contributed by atoms with van der Waals surface area (Å²) in [6, 6.07) is 0. The van der Waals surface area contributed by atoms with Crippen molar-refractivity contribution in [1.29, 1.82) is 0 Å². The van der Waals surface area contributed by atoms with Crippen molar-refractivity contribution in [2.24, 2.45) is 0 Å². The van der Waals surface area contributed by atoms with Gasteiger partial charge in [0.2, 0.25) is 0 Å². The number of aliphatic hydroxyl groups is 1. The molecule has 0 saturated heterocycles. The van der Waals surface area contributed by atoms with Crippen molar-refractivity contribution in [1.82, 2.24) is 0 Å². The molecule has 13 heavy (non-hydrogen) atoms. The third-order valence-electron chi connectivity index (χ3n) is 1.14. The molecule has 0 aliphatic rings. The molecule has 0 aromatic carbocycles. The van der Waals surface area contributed by atoms with E-state index in [4.69, 9.17) is 5.11 Å². The summed E-state index contributed by atoms with van der Waals surface area (Å²) in [5, 5.41) is 8.86. The second-order valence-corrected chi connectivity index (χ2v) is 5.38. The summed E-state index contributed by atoms with van der Waals surface area (Å²) in [5.41, 5.74) is -7.21. The Balaban J connectivity index is 4.74. The minimum absolute atomic E-state index is 0.241. The molecule has 1 unspecified atom stereocenters. The fraction of sp³-hybridized carbons (Fsp3) is 1.00. The van der Waals surface area contributed by atoms with Gasteiger partial charge in [0.1, 0.15) is 0 Å². The fourth-order valence-corrected chi connectivity index (χ4v) is 2.07. The third kappa shape index (κ3) is 3.82. The van der Waals surface area contributed by atoms with Crippen LogP contribution in [0.4, 0.5) is 13.2 Å². The average Bonchev–Trinajstić information content (AvgIpc) is 1.83. The van der Waals surface area contributed by atoms with E-state index in [-0.39, 0.29) is 5.33 Å². The lowest BCUT2D eigenvalue weighted by molar-refractivity contribution is -0.0453. The zero-order chi connectivity index (χ0) is 10.9. The second kappa shape index (κ2) is 3.74. The largest absolute Gasteiger partial charge is 0.497 e. The molecule has 0 rings (SSSR count). The molecule has 8 heteroatoms. The van der Waals surface area contributed by atoms with Crippen LogP contribution in [0.1, 0.15) is 6.92 Å². The van der Waals surface area contributed by atoms with Crippen LogP contribution >= 0.6 is 15.9 Å². The molecule has 0 heterocycles. The number of sulfone groups is 1. The average molecular weight is 285 g/mol. The zero-order valence-electron chi connectivity index (χ0n) is 6.60. The smallest absolute Gasteiger partial charge is 0.388 e. The lowest BCUT2D eigenvalue weighted by Crippen LogP contribution is -2.40. The minimum atomic E-state index is -5.31. The predicted molar refractivity (Wildman–Crippen MR) is 44.3 cm³/mol. The van der Waals surface area contributed by atoms with Gasteiger partial charge in [-0.15, -0.1) is 0 Å². The van der Waals surface area contributed by atoms with Crippen molar-refractivity contribution >= 4 is 25.8 Å². The maximum absolute atomic E-state index is 11.8.